The van der Waals surface area contributed by atoms with E-state index in [1.54, 1.807) is 36.7 Å². The van der Waals surface area contributed by atoms with E-state index in [1.807, 2.05) is 20.8 Å². The molecule has 9 heteroatoms. The Morgan fingerprint density at radius 1 is 1.28 bits per heavy atom. The number of carbonyl (C=O) groups excluding carboxylic acids is 1. The number of Topliss-reactive ketones (excluding diaryl/α,β-unsaturated/α-hetero) is 1. The van der Waals surface area contributed by atoms with Crippen LogP contribution in [0.1, 0.15) is 27.0 Å². The lowest BCUT2D eigenvalue weighted by Gasteiger charge is -2.25. The maximum atomic E-state index is 12.5. The lowest BCUT2D eigenvalue weighted by Crippen LogP contribution is -2.34. The van der Waals surface area contributed by atoms with Crippen molar-refractivity contribution in [2.75, 3.05) is 0 Å². The molecule has 1 atom stereocenters. The van der Waals surface area contributed by atoms with Gasteiger partial charge in [0.05, 0.1) is 6.20 Å². The normalized spacial score (nSPS) is 12.0. The maximum absolute atomic E-state index is 12.5. The molecule has 25 heavy (non-hydrogen) atoms. The molecule has 132 valence electrons. The van der Waals surface area contributed by atoms with Crippen molar-refractivity contribution >= 4 is 17.4 Å². The van der Waals surface area contributed by atoms with Crippen molar-refractivity contribution in [2.24, 2.45) is 5.41 Å². The van der Waals surface area contributed by atoms with Crippen molar-refractivity contribution < 1.29 is 9.53 Å². The van der Waals surface area contributed by atoms with E-state index in [0.29, 0.717) is 10.8 Å². The topological polar surface area (TPSA) is 98.6 Å². The number of hydrogen-bond donors (Lipinski definition) is 1. The molecule has 3 rings (SSSR count). The van der Waals surface area contributed by atoms with Crippen LogP contribution in [0.4, 0.5) is 0 Å². The van der Waals surface area contributed by atoms with Crippen LogP contribution < -0.4 is 4.74 Å². The van der Waals surface area contributed by atoms with E-state index < -0.39 is 11.6 Å². The third-order valence-electron chi connectivity index (χ3n) is 3.03. The van der Waals surface area contributed by atoms with E-state index >= 15 is 0 Å². The zero-order valence-corrected chi connectivity index (χ0v) is 14.9. The van der Waals surface area contributed by atoms with Crippen LogP contribution in [0.2, 0.25) is 5.02 Å². The Morgan fingerprint density at radius 3 is 2.44 bits per heavy atom. The summed E-state index contributed by atoms with van der Waals surface area (Å²) in [5.41, 5.74) is -0.553. The Balaban J connectivity index is 0.000000386. The highest BCUT2D eigenvalue weighted by atomic mass is 35.5. The third-order valence-corrected chi connectivity index (χ3v) is 3.28. The number of ketones is 1. The number of aromatic nitrogens is 6. The standard InChI is InChI=1S/C14H16ClN3O2.C2H3N3/c1-14(2,3)12(19)13(18-9-16-8-17-18)20-11-6-4-10(15)5-7-11;1-2-4-5-3-1/h4-9,13H,1-3H3;1-2H,(H,3,4,5). The second kappa shape index (κ2) is 8.39. The van der Waals surface area contributed by atoms with Gasteiger partial charge in [0.15, 0.2) is 0 Å². The van der Waals surface area contributed by atoms with Crippen molar-refractivity contribution in [1.29, 1.82) is 0 Å². The first-order valence-corrected chi connectivity index (χ1v) is 7.87. The lowest BCUT2D eigenvalue weighted by molar-refractivity contribution is -0.138. The summed E-state index contributed by atoms with van der Waals surface area (Å²) in [6.45, 7) is 5.51. The number of nitrogens with zero attached hydrogens (tertiary/aromatic N) is 5. The van der Waals surface area contributed by atoms with E-state index in [4.69, 9.17) is 16.3 Å². The zero-order valence-electron chi connectivity index (χ0n) is 14.1. The maximum Gasteiger partial charge on any atom is 0.252 e. The first kappa shape index (κ1) is 18.6. The highest BCUT2D eigenvalue weighted by Crippen LogP contribution is 2.26. The second-order valence-corrected chi connectivity index (χ2v) is 6.51. The average Bonchev–Trinajstić information content (AvgIpc) is 3.28. The van der Waals surface area contributed by atoms with Crippen molar-refractivity contribution in [2.45, 2.75) is 27.0 Å². The summed E-state index contributed by atoms with van der Waals surface area (Å²) >= 11 is 5.83. The predicted molar refractivity (Wildman–Crippen MR) is 92.0 cm³/mol. The number of ether oxygens (including phenoxy) is 1. The van der Waals surface area contributed by atoms with Gasteiger partial charge in [-0.25, -0.2) is 9.67 Å². The van der Waals surface area contributed by atoms with Crippen LogP contribution in [0.5, 0.6) is 5.75 Å². The van der Waals surface area contributed by atoms with Crippen molar-refractivity contribution in [1.82, 2.24) is 30.2 Å². The third kappa shape index (κ3) is 5.68. The largest absolute Gasteiger partial charge is 0.461 e. The SMILES string of the molecule is CC(C)(C)C(=O)C(Oc1ccc(Cl)cc1)n1cncn1.c1c[nH]nn1. The van der Waals surface area contributed by atoms with E-state index in [0.717, 1.165) is 0 Å². The van der Waals surface area contributed by atoms with E-state index in [-0.39, 0.29) is 5.78 Å². The molecule has 0 fully saturated rings. The van der Waals surface area contributed by atoms with Crippen LogP contribution in [0, 0.1) is 5.41 Å². The van der Waals surface area contributed by atoms with Gasteiger partial charge in [-0.1, -0.05) is 37.6 Å². The average molecular weight is 363 g/mol. The summed E-state index contributed by atoms with van der Waals surface area (Å²) in [5, 5.41) is 13.9. The molecule has 0 amide bonds. The Bertz CT molecular complexity index is 734. The summed E-state index contributed by atoms with van der Waals surface area (Å²) in [6, 6.07) is 6.83. The number of benzene rings is 1. The van der Waals surface area contributed by atoms with Crippen LogP contribution in [0.15, 0.2) is 49.3 Å². The summed E-state index contributed by atoms with van der Waals surface area (Å²) in [4.78, 5) is 16.4. The predicted octanol–water partition coefficient (Wildman–Crippen LogP) is 2.93. The van der Waals surface area contributed by atoms with Crippen LogP contribution in [-0.4, -0.2) is 36.0 Å². The molecule has 1 N–H and O–H groups in total. The number of rotatable bonds is 4. The molecule has 3 aromatic rings. The number of halogens is 1. The van der Waals surface area contributed by atoms with Crippen LogP contribution in [0.25, 0.3) is 0 Å². The molecule has 0 saturated heterocycles. The molecule has 0 bridgehead atoms. The second-order valence-electron chi connectivity index (χ2n) is 6.07. The fraction of sp³-hybridized carbons (Fsp3) is 0.312. The van der Waals surface area contributed by atoms with E-state index in [2.05, 4.69) is 25.5 Å². The molecule has 0 aliphatic carbocycles. The van der Waals surface area contributed by atoms with E-state index in [1.165, 1.54) is 17.3 Å². The molecule has 1 aromatic carbocycles. The minimum Gasteiger partial charge on any atom is -0.461 e. The first-order valence-electron chi connectivity index (χ1n) is 7.49. The number of aromatic amines is 1. The van der Waals surface area contributed by atoms with Gasteiger partial charge in [-0.2, -0.15) is 5.10 Å². The Kier molecular flexibility index (Phi) is 6.24. The number of carbonyl (C=O) groups is 1. The quantitative estimate of drug-likeness (QED) is 0.766. The van der Waals surface area contributed by atoms with Crippen molar-refractivity contribution in [3.8, 4) is 5.75 Å². The Hall–Kier alpha value is -2.74. The van der Waals surface area contributed by atoms with Crippen molar-refractivity contribution in [3.05, 3.63) is 54.3 Å². The Morgan fingerprint density at radius 2 is 2.00 bits per heavy atom. The number of nitrogens with one attached hydrogen (secondary N) is 1. The van der Waals surface area contributed by atoms with Gasteiger partial charge in [0, 0.05) is 16.6 Å². The number of H-pyrrole nitrogens is 1. The molecule has 0 aliphatic heterocycles. The first-order chi connectivity index (χ1) is 11.9. The Labute approximate surface area is 150 Å². The molecule has 2 aromatic heterocycles. The molecule has 0 saturated carbocycles. The highest BCUT2D eigenvalue weighted by Gasteiger charge is 2.33. The fourth-order valence-electron chi connectivity index (χ4n) is 1.75. The molecule has 0 spiro atoms. The molecule has 0 aliphatic rings. The van der Waals surface area contributed by atoms with Crippen molar-refractivity contribution in [3.63, 3.8) is 0 Å². The lowest BCUT2D eigenvalue weighted by atomic mass is 9.90. The highest BCUT2D eigenvalue weighted by molar-refractivity contribution is 6.30. The molecule has 2 heterocycles. The minimum atomic E-state index is -0.848. The van der Waals surface area contributed by atoms with E-state index in [9.17, 15) is 4.79 Å². The smallest absolute Gasteiger partial charge is 0.252 e. The van der Waals surface area contributed by atoms with Crippen LogP contribution in [-0.2, 0) is 4.79 Å². The van der Waals surface area contributed by atoms with Gasteiger partial charge in [-0.05, 0) is 24.3 Å². The summed E-state index contributed by atoms with van der Waals surface area (Å²) < 4.78 is 7.16. The fourth-order valence-corrected chi connectivity index (χ4v) is 1.87. The molecular weight excluding hydrogens is 344 g/mol. The van der Waals surface area contributed by atoms with Gasteiger partial charge in [-0.15, -0.1) is 5.10 Å². The number of hydrogen-bond acceptors (Lipinski definition) is 6. The summed E-state index contributed by atoms with van der Waals surface area (Å²) in [6.07, 6.45) is 5.22. The van der Waals surface area contributed by atoms with Gasteiger partial charge >= 0.3 is 0 Å². The van der Waals surface area contributed by atoms with Gasteiger partial charge in [0.1, 0.15) is 18.4 Å². The van der Waals surface area contributed by atoms with Gasteiger partial charge in [0.2, 0.25) is 5.78 Å². The zero-order chi connectivity index (χ0) is 18.3. The van der Waals surface area contributed by atoms with Crippen LogP contribution in [0.3, 0.4) is 0 Å². The van der Waals surface area contributed by atoms with Gasteiger partial charge in [0.25, 0.3) is 6.23 Å². The minimum absolute atomic E-state index is 0.0852. The molecule has 8 nitrogen and oxygen atoms in total. The molecular formula is C16H19ClN6O2. The van der Waals surface area contributed by atoms with Gasteiger partial charge in [-0.3, -0.25) is 9.89 Å². The van der Waals surface area contributed by atoms with Crippen LogP contribution >= 0.6 is 11.6 Å². The summed E-state index contributed by atoms with van der Waals surface area (Å²) in [5.74, 6) is 0.463. The van der Waals surface area contributed by atoms with Gasteiger partial charge < -0.3 is 4.74 Å². The molecule has 0 radical (unpaired) electrons. The monoisotopic (exact) mass is 362 g/mol. The summed E-state index contributed by atoms with van der Waals surface area (Å²) in [7, 11) is 0. The molecule has 1 unspecified atom stereocenters.